The number of nitrogens with two attached hydrogens (primary N) is 1. The van der Waals surface area contributed by atoms with Crippen molar-refractivity contribution in [3.63, 3.8) is 0 Å². The number of hydrogen-bond acceptors (Lipinski definition) is 6. The van der Waals surface area contributed by atoms with Gasteiger partial charge in [0, 0.05) is 39.6 Å². The van der Waals surface area contributed by atoms with Gasteiger partial charge in [0.25, 0.3) is 5.91 Å². The number of alkyl halides is 3. The summed E-state index contributed by atoms with van der Waals surface area (Å²) in [6.45, 7) is 0. The van der Waals surface area contributed by atoms with E-state index in [-0.39, 0.29) is 28.7 Å². The first-order valence-electron chi connectivity index (χ1n) is 8.68. The number of methoxy groups -OCH3 is 1. The van der Waals surface area contributed by atoms with E-state index >= 15 is 0 Å². The van der Waals surface area contributed by atoms with E-state index in [9.17, 15) is 26.6 Å². The van der Waals surface area contributed by atoms with Gasteiger partial charge in [-0.1, -0.05) is 0 Å². The highest BCUT2D eigenvalue weighted by Gasteiger charge is 2.33. The van der Waals surface area contributed by atoms with Crippen LogP contribution in [0.2, 0.25) is 0 Å². The van der Waals surface area contributed by atoms with Crippen LogP contribution in [0, 0.1) is 5.82 Å². The molecule has 0 radical (unpaired) electrons. The summed E-state index contributed by atoms with van der Waals surface area (Å²) in [6, 6.07) is 3.54. The Morgan fingerprint density at radius 1 is 1.28 bits per heavy atom. The van der Waals surface area contributed by atoms with Crippen molar-refractivity contribution in [1.29, 1.82) is 0 Å². The molecule has 1 atom stereocenters. The molecular formula is C18H22F4N6O3S. The molecular weight excluding hydrogens is 456 g/mol. The smallest absolute Gasteiger partial charge is 0.388 e. The number of guanidine groups is 1. The molecule has 176 valence electrons. The van der Waals surface area contributed by atoms with E-state index in [2.05, 4.69) is 25.0 Å². The van der Waals surface area contributed by atoms with E-state index in [1.54, 1.807) is 14.2 Å². The van der Waals surface area contributed by atoms with Gasteiger partial charge in [0.05, 0.1) is 18.1 Å². The molecule has 0 saturated carbocycles. The van der Waals surface area contributed by atoms with Gasteiger partial charge in [-0.3, -0.25) is 14.1 Å². The van der Waals surface area contributed by atoms with Crippen LogP contribution in [-0.4, -0.2) is 58.7 Å². The number of halogens is 4. The number of aliphatic imine (C=N–C) groups is 1. The van der Waals surface area contributed by atoms with Crippen LogP contribution in [0.5, 0.6) is 0 Å². The Bertz CT molecular complexity index is 970. The zero-order valence-electron chi connectivity index (χ0n) is 17.6. The average molecular weight is 478 g/mol. The highest BCUT2D eigenvalue weighted by atomic mass is 32.2. The molecule has 2 rings (SSSR count). The fourth-order valence-corrected chi connectivity index (χ4v) is 3.00. The highest BCUT2D eigenvalue weighted by Crippen LogP contribution is 2.26. The van der Waals surface area contributed by atoms with Crippen molar-refractivity contribution in [3.8, 4) is 0 Å². The summed E-state index contributed by atoms with van der Waals surface area (Å²) in [5.41, 5.74) is 4.11. The first-order chi connectivity index (χ1) is 14.9. The summed E-state index contributed by atoms with van der Waals surface area (Å²) in [7, 11) is 4.35. The molecule has 3 N–H and O–H groups in total. The van der Waals surface area contributed by atoms with Crippen molar-refractivity contribution >= 4 is 28.5 Å². The number of amides is 1. The third-order valence-corrected chi connectivity index (χ3v) is 4.97. The number of carbonyl (C=O) groups excluding carboxylic acids is 1. The van der Waals surface area contributed by atoms with Crippen molar-refractivity contribution in [3.05, 3.63) is 53.4 Å². The van der Waals surface area contributed by atoms with E-state index in [0.29, 0.717) is 12.4 Å². The van der Waals surface area contributed by atoms with Crippen LogP contribution >= 0.6 is 0 Å². The number of aromatic nitrogens is 2. The third kappa shape index (κ3) is 7.85. The van der Waals surface area contributed by atoms with Crippen LogP contribution in [0.15, 0.2) is 35.6 Å². The number of rotatable bonds is 5. The van der Waals surface area contributed by atoms with Crippen molar-refractivity contribution in [1.82, 2.24) is 14.3 Å². The Balaban J connectivity index is 0.00000161. The number of carbonyl (C=O) groups is 1. The molecule has 0 fully saturated rings. The van der Waals surface area contributed by atoms with Gasteiger partial charge in [-0.25, -0.2) is 18.6 Å². The Hall–Kier alpha value is -3.13. The van der Waals surface area contributed by atoms with Crippen LogP contribution in [0.3, 0.4) is 0 Å². The molecule has 0 aliphatic rings. The molecule has 0 aliphatic heterocycles. The van der Waals surface area contributed by atoms with Gasteiger partial charge in [0.2, 0.25) is 5.96 Å². The maximum Gasteiger partial charge on any atom is 0.434 e. The Labute approximate surface area is 184 Å². The Morgan fingerprint density at radius 3 is 2.41 bits per heavy atom. The molecule has 14 heteroatoms. The molecule has 1 aromatic carbocycles. The fraction of sp³-hybridized carbons (Fsp3) is 0.333. The number of hydrogen-bond donors (Lipinski definition) is 2. The standard InChI is InChI=1S/C16H16F4N6O2S.C2H6O/c1-22-15(21)26(2)29(28)8-9-5-10(3-4-11(9)17)25-14(27)12-6-24-13(7-23-12)16(18,19)20;1-3-2/h3-7H,8H2,1-2H3,(H2,21,22)(H,25,27);1-2H3. The summed E-state index contributed by atoms with van der Waals surface area (Å²) < 4.78 is 69.2. The van der Waals surface area contributed by atoms with Gasteiger partial charge >= 0.3 is 6.18 Å². The lowest BCUT2D eigenvalue weighted by molar-refractivity contribution is -0.141. The van der Waals surface area contributed by atoms with E-state index in [1.165, 1.54) is 26.2 Å². The normalized spacial score (nSPS) is 12.4. The fourth-order valence-electron chi connectivity index (χ4n) is 2.02. The average Bonchev–Trinajstić information content (AvgIpc) is 2.74. The quantitative estimate of drug-likeness (QED) is 0.386. The summed E-state index contributed by atoms with van der Waals surface area (Å²) >= 11 is 0. The molecule has 1 amide bonds. The zero-order valence-corrected chi connectivity index (χ0v) is 18.4. The minimum Gasteiger partial charge on any atom is -0.388 e. The van der Waals surface area contributed by atoms with Gasteiger partial charge in [0.15, 0.2) is 5.69 Å². The second-order valence-electron chi connectivity index (χ2n) is 6.00. The Morgan fingerprint density at radius 2 is 1.91 bits per heavy atom. The molecule has 32 heavy (non-hydrogen) atoms. The molecule has 0 bridgehead atoms. The monoisotopic (exact) mass is 478 g/mol. The lowest BCUT2D eigenvalue weighted by Gasteiger charge is -2.17. The van der Waals surface area contributed by atoms with E-state index in [1.807, 2.05) is 0 Å². The van der Waals surface area contributed by atoms with Crippen LogP contribution in [0.1, 0.15) is 21.7 Å². The summed E-state index contributed by atoms with van der Waals surface area (Å²) in [5, 5.41) is 2.37. The van der Waals surface area contributed by atoms with Crippen LogP contribution in [0.25, 0.3) is 0 Å². The number of nitrogens with zero attached hydrogens (tertiary/aromatic N) is 4. The molecule has 9 nitrogen and oxygen atoms in total. The number of nitrogens with one attached hydrogen (secondary N) is 1. The number of ether oxygens (including phenoxy) is 1. The van der Waals surface area contributed by atoms with Crippen molar-refractivity contribution in [2.45, 2.75) is 11.9 Å². The van der Waals surface area contributed by atoms with Crippen LogP contribution in [-0.2, 0) is 27.7 Å². The predicted octanol–water partition coefficient (Wildman–Crippen LogP) is 2.19. The van der Waals surface area contributed by atoms with Crippen molar-refractivity contribution in [2.24, 2.45) is 10.7 Å². The minimum absolute atomic E-state index is 0.00548. The van der Waals surface area contributed by atoms with Gasteiger partial charge in [0.1, 0.15) is 22.5 Å². The zero-order chi connectivity index (χ0) is 24.5. The second-order valence-corrected chi connectivity index (χ2v) is 7.48. The van der Waals surface area contributed by atoms with Gasteiger partial charge in [-0.15, -0.1) is 0 Å². The van der Waals surface area contributed by atoms with Crippen molar-refractivity contribution < 1.29 is 31.3 Å². The first-order valence-corrected chi connectivity index (χ1v) is 9.95. The second kappa shape index (κ2) is 12.0. The SMILES string of the molecule is CN=C(N)N(C)S(=O)Cc1cc(NC(=O)c2cnc(C(F)(F)F)cn2)ccc1F.COC. The van der Waals surface area contributed by atoms with Gasteiger partial charge in [-0.2, -0.15) is 13.2 Å². The van der Waals surface area contributed by atoms with E-state index < -0.39 is 34.6 Å². The minimum atomic E-state index is -4.68. The highest BCUT2D eigenvalue weighted by molar-refractivity contribution is 7.82. The third-order valence-electron chi connectivity index (χ3n) is 3.61. The summed E-state index contributed by atoms with van der Waals surface area (Å²) in [5.74, 6) is -1.76. The van der Waals surface area contributed by atoms with Gasteiger partial charge < -0.3 is 15.8 Å². The van der Waals surface area contributed by atoms with Crippen molar-refractivity contribution in [2.75, 3.05) is 33.6 Å². The van der Waals surface area contributed by atoms with E-state index in [0.717, 1.165) is 10.4 Å². The number of benzene rings is 1. The summed E-state index contributed by atoms with van der Waals surface area (Å²) in [6.07, 6.45) is -3.56. The molecule has 0 spiro atoms. The largest absolute Gasteiger partial charge is 0.434 e. The number of anilines is 1. The molecule has 2 aromatic rings. The molecule has 0 saturated heterocycles. The first kappa shape index (κ1) is 26.9. The Kier molecular flexibility index (Phi) is 10.1. The molecule has 0 aliphatic carbocycles. The van der Waals surface area contributed by atoms with Crippen LogP contribution < -0.4 is 11.1 Å². The lowest BCUT2D eigenvalue weighted by atomic mass is 10.2. The maximum absolute atomic E-state index is 14.0. The maximum atomic E-state index is 14.0. The van der Waals surface area contributed by atoms with Gasteiger partial charge in [-0.05, 0) is 18.2 Å². The predicted molar refractivity (Wildman–Crippen MR) is 111 cm³/mol. The van der Waals surface area contributed by atoms with Crippen LogP contribution in [0.4, 0.5) is 23.2 Å². The molecule has 1 aromatic heterocycles. The molecule has 1 unspecified atom stereocenters. The lowest BCUT2D eigenvalue weighted by Crippen LogP contribution is -2.35. The van der Waals surface area contributed by atoms with E-state index in [4.69, 9.17) is 5.73 Å². The topological polar surface area (TPSA) is 123 Å². The summed E-state index contributed by atoms with van der Waals surface area (Å²) in [4.78, 5) is 22.4. The molecule has 1 heterocycles.